The van der Waals surface area contributed by atoms with Gasteiger partial charge >= 0.3 is 6.09 Å². The van der Waals surface area contributed by atoms with Gasteiger partial charge in [-0.1, -0.05) is 74.5 Å². The van der Waals surface area contributed by atoms with Gasteiger partial charge < -0.3 is 41.5 Å². The molecule has 3 rings (SSSR count). The van der Waals surface area contributed by atoms with Crippen LogP contribution in [0.5, 0.6) is 0 Å². The fourth-order valence-electron chi connectivity index (χ4n) is 5.21. The predicted octanol–water partition coefficient (Wildman–Crippen LogP) is 0.816. The number of amides is 2. The van der Waals surface area contributed by atoms with Crippen LogP contribution in [0.4, 0.5) is 4.79 Å². The van der Waals surface area contributed by atoms with Crippen molar-refractivity contribution in [3.63, 3.8) is 0 Å². The molecule has 10 heteroatoms. The maximum absolute atomic E-state index is 13.3. The summed E-state index contributed by atoms with van der Waals surface area (Å²) in [6.07, 6.45) is -3.38. The lowest BCUT2D eigenvalue weighted by Gasteiger charge is -2.39. The molecule has 10 nitrogen and oxygen atoms in total. The van der Waals surface area contributed by atoms with E-state index in [0.29, 0.717) is 6.42 Å². The third kappa shape index (κ3) is 7.77. The van der Waals surface area contributed by atoms with Crippen LogP contribution in [-0.2, 0) is 17.6 Å². The number of benzene rings is 2. The summed E-state index contributed by atoms with van der Waals surface area (Å²) in [5.41, 5.74) is -1.14. The van der Waals surface area contributed by atoms with Crippen LogP contribution in [0.1, 0.15) is 37.8 Å². The zero-order valence-corrected chi connectivity index (χ0v) is 22.5. The Morgan fingerprint density at radius 2 is 1.33 bits per heavy atom. The van der Waals surface area contributed by atoms with Crippen molar-refractivity contribution in [2.24, 2.45) is 5.41 Å². The third-order valence-corrected chi connectivity index (χ3v) is 7.76. The lowest BCUT2D eigenvalue weighted by atomic mass is 9.76. The van der Waals surface area contributed by atoms with Crippen molar-refractivity contribution in [3.8, 4) is 0 Å². The molecule has 39 heavy (non-hydrogen) atoms. The minimum absolute atomic E-state index is 0.0173. The number of nitrogens with one attached hydrogen (secondary N) is 3. The van der Waals surface area contributed by atoms with E-state index in [4.69, 9.17) is 0 Å². The van der Waals surface area contributed by atoms with Gasteiger partial charge in [0.15, 0.2) is 5.60 Å². The topological polar surface area (TPSA) is 171 Å². The summed E-state index contributed by atoms with van der Waals surface area (Å²) in [5, 5.41) is 60.8. The van der Waals surface area contributed by atoms with Crippen LogP contribution in [0.25, 0.3) is 0 Å². The van der Waals surface area contributed by atoms with Crippen molar-refractivity contribution in [3.05, 3.63) is 71.8 Å². The Bertz CT molecular complexity index is 1070. The summed E-state index contributed by atoms with van der Waals surface area (Å²) in [7, 11) is 0. The molecule has 2 aromatic rings. The highest BCUT2D eigenvalue weighted by atomic mass is 16.4. The maximum atomic E-state index is 13.3. The van der Waals surface area contributed by atoms with Crippen LogP contribution in [0.2, 0.25) is 0 Å². The van der Waals surface area contributed by atoms with Gasteiger partial charge in [-0.05, 0) is 36.8 Å². The van der Waals surface area contributed by atoms with Crippen LogP contribution >= 0.6 is 0 Å². The Kier molecular flexibility index (Phi) is 10.5. The van der Waals surface area contributed by atoms with Gasteiger partial charge in [-0.3, -0.25) is 4.79 Å². The van der Waals surface area contributed by atoms with Crippen LogP contribution in [0.15, 0.2) is 60.7 Å². The largest absolute Gasteiger partial charge is 0.465 e. The number of carbonyl (C=O) groups is 2. The standard InChI is InChI=1S/C29H41N3O7/c1-28(2)14-13-25(35)29(28,39)26(36)31-21(15-19-9-5-3-6-10-19)23(33)17-30-18-24(34)22(32-27(37)38)16-20-11-7-4-8-12-20/h3-12,21-25,30,32-35,39H,13-18H2,1-2H3,(H,31,36)(H,37,38)/t21-,22-,23?,24+,25?,29?/m0/s1. The molecule has 214 valence electrons. The molecule has 1 saturated carbocycles. The molecule has 0 radical (unpaired) electrons. The minimum Gasteiger partial charge on any atom is -0.465 e. The highest BCUT2D eigenvalue weighted by molar-refractivity contribution is 5.87. The average molecular weight is 544 g/mol. The highest BCUT2D eigenvalue weighted by Gasteiger charge is 2.59. The fourth-order valence-corrected chi connectivity index (χ4v) is 5.21. The molecule has 0 spiro atoms. The molecule has 1 aliphatic carbocycles. The number of aliphatic hydroxyl groups is 4. The summed E-state index contributed by atoms with van der Waals surface area (Å²) < 4.78 is 0. The number of aliphatic hydroxyl groups excluding tert-OH is 3. The van der Waals surface area contributed by atoms with E-state index in [1.54, 1.807) is 13.8 Å². The zero-order valence-electron chi connectivity index (χ0n) is 22.5. The summed E-state index contributed by atoms with van der Waals surface area (Å²) in [5.74, 6) is -0.744. The van der Waals surface area contributed by atoms with Gasteiger partial charge in [-0.15, -0.1) is 0 Å². The Labute approximate surface area is 229 Å². The van der Waals surface area contributed by atoms with Crippen molar-refractivity contribution in [2.75, 3.05) is 13.1 Å². The molecule has 0 bridgehead atoms. The molecular weight excluding hydrogens is 502 g/mol. The maximum Gasteiger partial charge on any atom is 0.404 e. The van der Waals surface area contributed by atoms with Crippen molar-refractivity contribution in [1.29, 1.82) is 0 Å². The number of hydrogen-bond donors (Lipinski definition) is 8. The Balaban J connectivity index is 1.66. The van der Waals surface area contributed by atoms with Crippen LogP contribution in [0, 0.1) is 5.41 Å². The monoisotopic (exact) mass is 543 g/mol. The summed E-state index contributed by atoms with van der Waals surface area (Å²) in [4.78, 5) is 24.6. The second kappa shape index (κ2) is 13.4. The molecule has 0 aromatic heterocycles. The van der Waals surface area contributed by atoms with Crippen LogP contribution < -0.4 is 16.0 Å². The van der Waals surface area contributed by atoms with E-state index in [-0.39, 0.29) is 32.4 Å². The molecule has 1 fully saturated rings. The third-order valence-electron chi connectivity index (χ3n) is 7.76. The van der Waals surface area contributed by atoms with E-state index in [1.165, 1.54) is 0 Å². The molecule has 0 saturated heterocycles. The van der Waals surface area contributed by atoms with Gasteiger partial charge in [0.25, 0.3) is 5.91 Å². The van der Waals surface area contributed by atoms with Gasteiger partial charge in [0.05, 0.1) is 30.4 Å². The van der Waals surface area contributed by atoms with Crippen molar-refractivity contribution < 1.29 is 35.1 Å². The second-order valence-electron chi connectivity index (χ2n) is 11.0. The minimum atomic E-state index is -2.00. The fraction of sp³-hybridized carbons (Fsp3) is 0.517. The second-order valence-corrected chi connectivity index (χ2v) is 11.0. The molecule has 0 aliphatic heterocycles. The molecular formula is C29H41N3O7. The van der Waals surface area contributed by atoms with E-state index >= 15 is 0 Å². The van der Waals surface area contributed by atoms with Gasteiger partial charge in [-0.2, -0.15) is 0 Å². The van der Waals surface area contributed by atoms with E-state index < -0.39 is 53.4 Å². The Morgan fingerprint density at radius 1 is 0.872 bits per heavy atom. The molecule has 8 N–H and O–H groups in total. The molecule has 1 aliphatic rings. The lowest BCUT2D eigenvalue weighted by molar-refractivity contribution is -0.165. The van der Waals surface area contributed by atoms with Crippen LogP contribution in [0.3, 0.4) is 0 Å². The normalized spacial score (nSPS) is 23.4. The smallest absolute Gasteiger partial charge is 0.404 e. The van der Waals surface area contributed by atoms with Crippen molar-refractivity contribution in [2.45, 2.75) is 75.5 Å². The number of rotatable bonds is 13. The highest BCUT2D eigenvalue weighted by Crippen LogP contribution is 2.46. The van der Waals surface area contributed by atoms with Crippen molar-refractivity contribution in [1.82, 2.24) is 16.0 Å². The molecule has 6 atom stereocenters. The summed E-state index contributed by atoms with van der Waals surface area (Å²) in [6, 6.07) is 16.9. The van der Waals surface area contributed by atoms with E-state index in [9.17, 15) is 35.1 Å². The predicted molar refractivity (Wildman–Crippen MR) is 146 cm³/mol. The average Bonchev–Trinajstić information content (AvgIpc) is 3.12. The zero-order chi connectivity index (χ0) is 28.6. The first-order valence-electron chi connectivity index (χ1n) is 13.3. The lowest BCUT2D eigenvalue weighted by Crippen LogP contribution is -2.63. The van der Waals surface area contributed by atoms with E-state index in [2.05, 4.69) is 16.0 Å². The Morgan fingerprint density at radius 3 is 1.74 bits per heavy atom. The summed E-state index contributed by atoms with van der Waals surface area (Å²) in [6.45, 7) is 3.41. The molecule has 2 aromatic carbocycles. The first kappa shape index (κ1) is 30.5. The SMILES string of the molecule is CC1(C)CCC(O)C1(O)C(=O)N[C@@H](Cc1ccccc1)C(O)CNC[C@@H](O)[C@H](Cc1ccccc1)NC(=O)O. The van der Waals surface area contributed by atoms with Gasteiger partial charge in [0.1, 0.15) is 0 Å². The van der Waals surface area contributed by atoms with Crippen LogP contribution in [-0.4, -0.2) is 86.6 Å². The summed E-state index contributed by atoms with van der Waals surface area (Å²) >= 11 is 0. The Hall–Kier alpha value is -3.02. The van der Waals surface area contributed by atoms with Gasteiger partial charge in [-0.25, -0.2) is 4.79 Å². The van der Waals surface area contributed by atoms with Gasteiger partial charge in [0.2, 0.25) is 0 Å². The van der Waals surface area contributed by atoms with Crippen molar-refractivity contribution >= 4 is 12.0 Å². The molecule has 2 amide bonds. The number of hydrogen-bond acceptors (Lipinski definition) is 7. The van der Waals surface area contributed by atoms with E-state index in [1.807, 2.05) is 60.7 Å². The van der Waals surface area contributed by atoms with Gasteiger partial charge in [0, 0.05) is 18.5 Å². The molecule has 0 heterocycles. The van der Waals surface area contributed by atoms with E-state index in [0.717, 1.165) is 11.1 Å². The molecule has 3 unspecified atom stereocenters. The quantitative estimate of drug-likeness (QED) is 0.183. The first-order chi connectivity index (χ1) is 18.4. The number of carboxylic acid groups (broad SMARTS) is 1. The number of carbonyl (C=O) groups excluding carboxylic acids is 1. The first-order valence-corrected chi connectivity index (χ1v) is 13.3.